The average Bonchev–Trinajstić information content (AvgIpc) is 2.61. The highest BCUT2D eigenvalue weighted by molar-refractivity contribution is 5.76. The summed E-state index contributed by atoms with van der Waals surface area (Å²) < 4.78 is 5.16. The van der Waals surface area contributed by atoms with Crippen LogP contribution in [0, 0.1) is 0 Å². The molecular formula is C11H15N3O. The molecule has 4 heteroatoms. The van der Waals surface area contributed by atoms with E-state index in [0.717, 1.165) is 23.2 Å². The van der Waals surface area contributed by atoms with Crippen LogP contribution in [0.4, 0.5) is 0 Å². The van der Waals surface area contributed by atoms with Crippen LogP contribution >= 0.6 is 0 Å². The first-order valence-electron chi connectivity index (χ1n) is 5.11. The van der Waals surface area contributed by atoms with Crippen LogP contribution in [0.25, 0.3) is 11.1 Å². The second-order valence-corrected chi connectivity index (χ2v) is 3.95. The molecule has 2 aromatic rings. The van der Waals surface area contributed by atoms with Gasteiger partial charge in [-0.3, -0.25) is 0 Å². The maximum absolute atomic E-state index is 5.16. The Balaban J connectivity index is 2.51. The SMILES string of the molecule is CNCc1cnc2onc(C(C)C)c2c1. The van der Waals surface area contributed by atoms with Gasteiger partial charge in [-0.25, -0.2) is 4.98 Å². The molecule has 0 amide bonds. The van der Waals surface area contributed by atoms with E-state index in [2.05, 4.69) is 35.4 Å². The summed E-state index contributed by atoms with van der Waals surface area (Å²) in [6.07, 6.45) is 1.81. The van der Waals surface area contributed by atoms with Crippen molar-refractivity contribution in [3.8, 4) is 0 Å². The van der Waals surface area contributed by atoms with Gasteiger partial charge in [0.25, 0.3) is 5.71 Å². The molecule has 0 aliphatic rings. The Kier molecular flexibility index (Phi) is 2.68. The highest BCUT2D eigenvalue weighted by Crippen LogP contribution is 2.23. The predicted octanol–water partition coefficient (Wildman–Crippen LogP) is 2.07. The van der Waals surface area contributed by atoms with Gasteiger partial charge in [-0.15, -0.1) is 0 Å². The minimum atomic E-state index is 0.359. The van der Waals surface area contributed by atoms with Crippen LogP contribution in [-0.4, -0.2) is 17.2 Å². The molecule has 0 aliphatic heterocycles. The summed E-state index contributed by atoms with van der Waals surface area (Å²) in [6, 6.07) is 2.09. The van der Waals surface area contributed by atoms with Gasteiger partial charge in [-0.05, 0) is 24.6 Å². The quantitative estimate of drug-likeness (QED) is 0.833. The third kappa shape index (κ3) is 1.85. The van der Waals surface area contributed by atoms with Crippen LogP contribution in [0.15, 0.2) is 16.8 Å². The van der Waals surface area contributed by atoms with E-state index < -0.39 is 0 Å². The van der Waals surface area contributed by atoms with E-state index in [0.29, 0.717) is 11.6 Å². The van der Waals surface area contributed by atoms with Gasteiger partial charge >= 0.3 is 0 Å². The molecule has 0 unspecified atom stereocenters. The minimum absolute atomic E-state index is 0.359. The molecule has 80 valence electrons. The topological polar surface area (TPSA) is 51.0 Å². The molecule has 0 aromatic carbocycles. The standard InChI is InChI=1S/C11H15N3O/c1-7(2)10-9-4-8(5-12-3)6-13-11(9)15-14-10/h4,6-7,12H,5H2,1-3H3. The van der Waals surface area contributed by atoms with Crippen molar-refractivity contribution < 1.29 is 4.52 Å². The minimum Gasteiger partial charge on any atom is -0.336 e. The van der Waals surface area contributed by atoms with Gasteiger partial charge in [0.15, 0.2) is 0 Å². The summed E-state index contributed by atoms with van der Waals surface area (Å²) in [7, 11) is 1.92. The molecule has 1 N–H and O–H groups in total. The highest BCUT2D eigenvalue weighted by atomic mass is 16.5. The summed E-state index contributed by atoms with van der Waals surface area (Å²) >= 11 is 0. The Morgan fingerprint density at radius 2 is 2.27 bits per heavy atom. The normalized spacial score (nSPS) is 11.5. The van der Waals surface area contributed by atoms with E-state index in [-0.39, 0.29) is 0 Å². The van der Waals surface area contributed by atoms with Crippen LogP contribution in [-0.2, 0) is 6.54 Å². The number of pyridine rings is 1. The molecule has 2 heterocycles. The van der Waals surface area contributed by atoms with Crippen molar-refractivity contribution in [3.05, 3.63) is 23.5 Å². The van der Waals surface area contributed by atoms with Gasteiger partial charge in [0.2, 0.25) is 0 Å². The van der Waals surface area contributed by atoms with Crippen molar-refractivity contribution in [3.63, 3.8) is 0 Å². The summed E-state index contributed by atoms with van der Waals surface area (Å²) in [5, 5.41) is 8.16. The van der Waals surface area contributed by atoms with Gasteiger partial charge in [0.05, 0.1) is 11.1 Å². The number of hydrogen-bond acceptors (Lipinski definition) is 4. The largest absolute Gasteiger partial charge is 0.336 e. The van der Waals surface area contributed by atoms with E-state index in [9.17, 15) is 0 Å². The molecule has 2 rings (SSSR count). The van der Waals surface area contributed by atoms with E-state index >= 15 is 0 Å². The van der Waals surface area contributed by atoms with E-state index in [1.807, 2.05) is 13.2 Å². The fourth-order valence-corrected chi connectivity index (χ4v) is 1.61. The lowest BCUT2D eigenvalue weighted by Gasteiger charge is -2.01. The lowest BCUT2D eigenvalue weighted by Crippen LogP contribution is -2.05. The first kappa shape index (κ1) is 10.1. The number of fused-ring (bicyclic) bond motifs is 1. The molecule has 0 atom stereocenters. The third-order valence-corrected chi connectivity index (χ3v) is 2.34. The smallest absolute Gasteiger partial charge is 0.257 e. The van der Waals surface area contributed by atoms with Crippen molar-refractivity contribution in [2.24, 2.45) is 0 Å². The van der Waals surface area contributed by atoms with Crippen molar-refractivity contribution in [1.29, 1.82) is 0 Å². The number of nitrogens with one attached hydrogen (secondary N) is 1. The van der Waals surface area contributed by atoms with Crippen LogP contribution in [0.3, 0.4) is 0 Å². The van der Waals surface area contributed by atoms with Gasteiger partial charge in [0, 0.05) is 12.7 Å². The first-order valence-corrected chi connectivity index (χ1v) is 5.11. The Hall–Kier alpha value is -1.42. The van der Waals surface area contributed by atoms with Gasteiger partial charge in [-0.2, -0.15) is 0 Å². The third-order valence-electron chi connectivity index (χ3n) is 2.34. The lowest BCUT2D eigenvalue weighted by atomic mass is 10.1. The van der Waals surface area contributed by atoms with Crippen molar-refractivity contribution in [2.75, 3.05) is 7.05 Å². The summed E-state index contributed by atoms with van der Waals surface area (Å²) in [4.78, 5) is 4.23. The first-order chi connectivity index (χ1) is 7.22. The van der Waals surface area contributed by atoms with Crippen molar-refractivity contribution in [2.45, 2.75) is 26.3 Å². The van der Waals surface area contributed by atoms with Crippen LogP contribution in [0.1, 0.15) is 31.0 Å². The monoisotopic (exact) mass is 205 g/mol. The zero-order chi connectivity index (χ0) is 10.8. The van der Waals surface area contributed by atoms with E-state index in [1.54, 1.807) is 0 Å². The molecule has 4 nitrogen and oxygen atoms in total. The van der Waals surface area contributed by atoms with Gasteiger partial charge in [-0.1, -0.05) is 19.0 Å². The van der Waals surface area contributed by atoms with Crippen molar-refractivity contribution in [1.82, 2.24) is 15.5 Å². The average molecular weight is 205 g/mol. The predicted molar refractivity (Wildman–Crippen MR) is 58.7 cm³/mol. The number of aromatic nitrogens is 2. The molecule has 0 radical (unpaired) electrons. The number of hydrogen-bond donors (Lipinski definition) is 1. The summed E-state index contributed by atoms with van der Waals surface area (Å²) in [6.45, 7) is 5.01. The maximum Gasteiger partial charge on any atom is 0.257 e. The van der Waals surface area contributed by atoms with Crippen LogP contribution in [0.5, 0.6) is 0 Å². The molecule has 0 fully saturated rings. The van der Waals surface area contributed by atoms with Gasteiger partial charge < -0.3 is 9.84 Å². The molecular weight excluding hydrogens is 190 g/mol. The second-order valence-electron chi connectivity index (χ2n) is 3.95. The fraction of sp³-hybridized carbons (Fsp3) is 0.455. The summed E-state index contributed by atoms with van der Waals surface area (Å²) in [5.74, 6) is 0.359. The zero-order valence-electron chi connectivity index (χ0n) is 9.24. The Labute approximate surface area is 88.7 Å². The van der Waals surface area contributed by atoms with Crippen LogP contribution in [0.2, 0.25) is 0 Å². The zero-order valence-corrected chi connectivity index (χ0v) is 9.24. The number of rotatable bonds is 3. The molecule has 0 aliphatic carbocycles. The molecule has 0 saturated carbocycles. The van der Waals surface area contributed by atoms with Crippen molar-refractivity contribution >= 4 is 11.1 Å². The molecule has 0 spiro atoms. The molecule has 0 bridgehead atoms. The second kappa shape index (κ2) is 3.98. The molecule has 2 aromatic heterocycles. The Morgan fingerprint density at radius 3 is 2.93 bits per heavy atom. The van der Waals surface area contributed by atoms with Gasteiger partial charge in [0.1, 0.15) is 0 Å². The number of nitrogens with zero attached hydrogens (tertiary/aromatic N) is 2. The summed E-state index contributed by atoms with van der Waals surface area (Å²) in [5.41, 5.74) is 2.75. The lowest BCUT2D eigenvalue weighted by molar-refractivity contribution is 0.434. The van der Waals surface area contributed by atoms with Crippen LogP contribution < -0.4 is 5.32 Å². The maximum atomic E-state index is 5.16. The van der Waals surface area contributed by atoms with E-state index in [4.69, 9.17) is 4.52 Å². The molecule has 0 saturated heterocycles. The Morgan fingerprint density at radius 1 is 1.47 bits per heavy atom. The van der Waals surface area contributed by atoms with E-state index in [1.165, 1.54) is 0 Å². The fourth-order valence-electron chi connectivity index (χ4n) is 1.61. The highest BCUT2D eigenvalue weighted by Gasteiger charge is 2.12. The molecule has 15 heavy (non-hydrogen) atoms. The Bertz CT molecular complexity index is 462.